The molecule has 1 aromatic heterocycles. The highest BCUT2D eigenvalue weighted by atomic mass is 16.5. The third kappa shape index (κ3) is 2.08. The number of amides is 1. The first kappa shape index (κ1) is 13.2. The number of hydrogen-bond donors (Lipinski definition) is 1. The number of ether oxygens (including phenoxy) is 1. The Kier molecular flexibility index (Phi) is 2.86. The van der Waals surface area contributed by atoms with Crippen LogP contribution in [0.3, 0.4) is 0 Å². The predicted octanol–water partition coefficient (Wildman–Crippen LogP) is 1.27. The summed E-state index contributed by atoms with van der Waals surface area (Å²) in [7, 11) is 1.98. The first-order chi connectivity index (χ1) is 10.1. The van der Waals surface area contributed by atoms with Crippen LogP contribution in [-0.2, 0) is 23.1 Å². The second kappa shape index (κ2) is 4.53. The van der Waals surface area contributed by atoms with Crippen molar-refractivity contribution in [2.75, 3.05) is 0 Å². The van der Waals surface area contributed by atoms with Gasteiger partial charge in [-0.15, -0.1) is 10.2 Å². The smallest absolute Gasteiger partial charge is 0.229 e. The summed E-state index contributed by atoms with van der Waals surface area (Å²) in [6.07, 6.45) is 5.72. The average molecular weight is 290 g/mol. The minimum Gasteiger partial charge on any atom is -0.374 e. The largest absolute Gasteiger partial charge is 0.374 e. The molecule has 0 radical (unpaired) electrons. The fraction of sp³-hybridized carbons (Fsp3) is 0.800. The zero-order valence-electron chi connectivity index (χ0n) is 12.6. The third-order valence-electron chi connectivity index (χ3n) is 5.34. The van der Waals surface area contributed by atoms with E-state index in [9.17, 15) is 4.79 Å². The van der Waals surface area contributed by atoms with Crippen molar-refractivity contribution in [3.63, 3.8) is 0 Å². The normalized spacial score (nSPS) is 34.4. The molecule has 1 amide bonds. The van der Waals surface area contributed by atoms with Gasteiger partial charge in [0.1, 0.15) is 5.82 Å². The van der Waals surface area contributed by atoms with Crippen molar-refractivity contribution in [3.05, 3.63) is 11.6 Å². The molecular weight excluding hydrogens is 268 g/mol. The zero-order chi connectivity index (χ0) is 14.6. The maximum absolute atomic E-state index is 12.5. The lowest BCUT2D eigenvalue weighted by molar-refractivity contribution is -0.133. The summed E-state index contributed by atoms with van der Waals surface area (Å²) in [5.74, 6) is 2.54. The molecule has 0 spiro atoms. The van der Waals surface area contributed by atoms with Gasteiger partial charge in [-0.3, -0.25) is 4.79 Å². The van der Waals surface area contributed by atoms with Crippen molar-refractivity contribution in [1.29, 1.82) is 0 Å². The molecule has 1 aliphatic carbocycles. The Hall–Kier alpha value is -1.43. The van der Waals surface area contributed by atoms with Crippen molar-refractivity contribution in [3.8, 4) is 0 Å². The fourth-order valence-electron chi connectivity index (χ4n) is 3.76. The fourth-order valence-corrected chi connectivity index (χ4v) is 3.76. The lowest BCUT2D eigenvalue weighted by Gasteiger charge is -2.29. The van der Waals surface area contributed by atoms with E-state index in [4.69, 9.17) is 4.74 Å². The Balaban J connectivity index is 1.41. The molecule has 3 fully saturated rings. The highest BCUT2D eigenvalue weighted by Crippen LogP contribution is 2.47. The first-order valence-electron chi connectivity index (χ1n) is 7.90. The second-order valence-corrected chi connectivity index (χ2v) is 6.94. The molecule has 2 bridgehead atoms. The SMILES string of the molecule is Cn1c(CNC(=O)C2(C)CC3CCC2O3)nnc1C1CC1. The highest BCUT2D eigenvalue weighted by molar-refractivity contribution is 5.83. The van der Waals surface area contributed by atoms with Gasteiger partial charge in [0.25, 0.3) is 0 Å². The molecule has 3 atom stereocenters. The monoisotopic (exact) mass is 290 g/mol. The number of carbonyl (C=O) groups is 1. The Bertz CT molecular complexity index is 580. The molecule has 2 saturated heterocycles. The topological polar surface area (TPSA) is 69.0 Å². The maximum atomic E-state index is 12.5. The van der Waals surface area contributed by atoms with E-state index in [-0.39, 0.29) is 23.5 Å². The van der Waals surface area contributed by atoms with E-state index in [2.05, 4.69) is 15.5 Å². The van der Waals surface area contributed by atoms with Crippen molar-refractivity contribution in [1.82, 2.24) is 20.1 Å². The molecule has 6 heteroatoms. The molecule has 4 rings (SSSR count). The van der Waals surface area contributed by atoms with Gasteiger partial charge in [-0.25, -0.2) is 0 Å². The van der Waals surface area contributed by atoms with Crippen LogP contribution in [0.4, 0.5) is 0 Å². The second-order valence-electron chi connectivity index (χ2n) is 6.94. The third-order valence-corrected chi connectivity index (χ3v) is 5.34. The number of aromatic nitrogens is 3. The number of rotatable bonds is 4. The van der Waals surface area contributed by atoms with Crippen molar-refractivity contribution in [2.45, 2.75) is 63.7 Å². The number of hydrogen-bond acceptors (Lipinski definition) is 4. The van der Waals surface area contributed by atoms with E-state index < -0.39 is 0 Å². The Labute approximate surface area is 124 Å². The molecule has 6 nitrogen and oxygen atoms in total. The van der Waals surface area contributed by atoms with Gasteiger partial charge in [-0.1, -0.05) is 0 Å². The molecule has 3 heterocycles. The zero-order valence-corrected chi connectivity index (χ0v) is 12.6. The van der Waals surface area contributed by atoms with Crippen LogP contribution in [0.15, 0.2) is 0 Å². The highest BCUT2D eigenvalue weighted by Gasteiger charge is 2.53. The van der Waals surface area contributed by atoms with Crippen molar-refractivity contribution >= 4 is 5.91 Å². The van der Waals surface area contributed by atoms with Crippen LogP contribution < -0.4 is 5.32 Å². The van der Waals surface area contributed by atoms with Gasteiger partial charge in [0.2, 0.25) is 5.91 Å². The maximum Gasteiger partial charge on any atom is 0.229 e. The number of nitrogens with zero attached hydrogens (tertiary/aromatic N) is 3. The summed E-state index contributed by atoms with van der Waals surface area (Å²) in [6.45, 7) is 2.47. The van der Waals surface area contributed by atoms with Gasteiger partial charge in [0, 0.05) is 13.0 Å². The lowest BCUT2D eigenvalue weighted by atomic mass is 9.75. The van der Waals surface area contributed by atoms with Gasteiger partial charge < -0.3 is 14.6 Å². The summed E-state index contributed by atoms with van der Waals surface area (Å²) in [6, 6.07) is 0. The molecule has 0 aromatic carbocycles. The van der Waals surface area contributed by atoms with E-state index in [1.807, 2.05) is 18.5 Å². The molecule has 3 aliphatic rings. The van der Waals surface area contributed by atoms with Gasteiger partial charge in [0.15, 0.2) is 5.82 Å². The van der Waals surface area contributed by atoms with Crippen molar-refractivity contribution in [2.24, 2.45) is 12.5 Å². The van der Waals surface area contributed by atoms with Gasteiger partial charge in [-0.2, -0.15) is 0 Å². The molecular formula is C15H22N4O2. The van der Waals surface area contributed by atoms with E-state index in [1.54, 1.807) is 0 Å². The molecule has 114 valence electrons. The standard InChI is InChI=1S/C15H22N4O2/c1-15(7-10-5-6-11(15)21-10)14(20)16-8-12-17-18-13(19(12)2)9-3-4-9/h9-11H,3-8H2,1-2H3,(H,16,20). The number of nitrogens with one attached hydrogen (secondary N) is 1. The quantitative estimate of drug-likeness (QED) is 0.906. The van der Waals surface area contributed by atoms with E-state index in [1.165, 1.54) is 12.8 Å². The summed E-state index contributed by atoms with van der Waals surface area (Å²) < 4.78 is 7.86. The molecule has 21 heavy (non-hydrogen) atoms. The lowest BCUT2D eigenvalue weighted by Crippen LogP contribution is -2.45. The molecule has 1 aromatic rings. The Morgan fingerprint density at radius 1 is 1.38 bits per heavy atom. The van der Waals surface area contributed by atoms with Crippen LogP contribution in [0.25, 0.3) is 0 Å². The van der Waals surface area contributed by atoms with Crippen LogP contribution in [0.1, 0.15) is 56.6 Å². The van der Waals surface area contributed by atoms with Gasteiger partial charge >= 0.3 is 0 Å². The van der Waals surface area contributed by atoms with E-state index in [0.29, 0.717) is 12.5 Å². The summed E-state index contributed by atoms with van der Waals surface area (Å²) in [4.78, 5) is 12.5. The number of fused-ring (bicyclic) bond motifs is 2. The van der Waals surface area contributed by atoms with Crippen LogP contribution in [0, 0.1) is 5.41 Å². The minimum atomic E-state index is -0.374. The minimum absolute atomic E-state index is 0.0871. The van der Waals surface area contributed by atoms with Crippen LogP contribution in [0.2, 0.25) is 0 Å². The van der Waals surface area contributed by atoms with Crippen LogP contribution in [0.5, 0.6) is 0 Å². The van der Waals surface area contributed by atoms with Crippen LogP contribution in [-0.4, -0.2) is 32.9 Å². The van der Waals surface area contributed by atoms with Gasteiger partial charge in [-0.05, 0) is 39.0 Å². The summed E-state index contributed by atoms with van der Waals surface area (Å²) in [5.41, 5.74) is -0.374. The van der Waals surface area contributed by atoms with E-state index in [0.717, 1.165) is 30.9 Å². The van der Waals surface area contributed by atoms with Crippen LogP contribution >= 0.6 is 0 Å². The van der Waals surface area contributed by atoms with Crippen molar-refractivity contribution < 1.29 is 9.53 Å². The summed E-state index contributed by atoms with van der Waals surface area (Å²) >= 11 is 0. The average Bonchev–Trinajstić information content (AvgIpc) is 2.95. The molecule has 2 aliphatic heterocycles. The molecule has 3 unspecified atom stereocenters. The molecule has 1 saturated carbocycles. The Morgan fingerprint density at radius 3 is 2.81 bits per heavy atom. The molecule has 1 N–H and O–H groups in total. The Morgan fingerprint density at radius 2 is 2.19 bits per heavy atom. The predicted molar refractivity (Wildman–Crippen MR) is 75.4 cm³/mol. The summed E-state index contributed by atoms with van der Waals surface area (Å²) in [5, 5.41) is 11.5. The van der Waals surface area contributed by atoms with E-state index >= 15 is 0 Å². The number of carbonyl (C=O) groups excluding carboxylic acids is 1. The first-order valence-corrected chi connectivity index (χ1v) is 7.90. The van der Waals surface area contributed by atoms with Gasteiger partial charge in [0.05, 0.1) is 24.2 Å².